The normalized spacial score (nSPS) is 11.9. The Bertz CT molecular complexity index is 717. The summed E-state index contributed by atoms with van der Waals surface area (Å²) in [6.45, 7) is 9.24. The summed E-state index contributed by atoms with van der Waals surface area (Å²) in [5.74, 6) is 1.73. The lowest BCUT2D eigenvalue weighted by Crippen LogP contribution is -2.32. The van der Waals surface area contributed by atoms with Crippen LogP contribution in [0.15, 0.2) is 42.7 Å². The summed E-state index contributed by atoms with van der Waals surface area (Å²) >= 11 is 0. The van der Waals surface area contributed by atoms with E-state index in [0.29, 0.717) is 31.8 Å². The molecule has 0 fully saturated rings. The molecule has 1 unspecified atom stereocenters. The Morgan fingerprint density at radius 2 is 1.85 bits per heavy atom. The van der Waals surface area contributed by atoms with Crippen molar-refractivity contribution >= 4 is 5.91 Å². The molecule has 27 heavy (non-hydrogen) atoms. The average Bonchev–Trinajstić information content (AvgIpc) is 2.67. The summed E-state index contributed by atoms with van der Waals surface area (Å²) in [5.41, 5.74) is 2.08. The molecule has 1 amide bonds. The largest absolute Gasteiger partial charge is 0.490 e. The zero-order valence-corrected chi connectivity index (χ0v) is 16.7. The molecule has 0 saturated heterocycles. The van der Waals surface area contributed by atoms with E-state index in [1.807, 2.05) is 44.2 Å². The number of rotatable bonds is 10. The molecule has 0 aliphatic carbocycles. The lowest BCUT2D eigenvalue weighted by Gasteiger charge is -2.24. The number of carbonyl (C=O) groups is 1. The molecule has 0 aliphatic heterocycles. The van der Waals surface area contributed by atoms with Gasteiger partial charge in [-0.1, -0.05) is 26.0 Å². The molecule has 0 bridgehead atoms. The van der Waals surface area contributed by atoms with Crippen LogP contribution in [0.2, 0.25) is 0 Å². The van der Waals surface area contributed by atoms with Crippen LogP contribution < -0.4 is 14.8 Å². The predicted octanol–water partition coefficient (Wildman–Crippen LogP) is 4.33. The SMILES string of the molecule is CCOc1ccc(C(NC(=O)CCc2cccnc2)C(C)C)cc1OCC. The monoisotopic (exact) mass is 370 g/mol. The minimum atomic E-state index is -0.0821. The highest BCUT2D eigenvalue weighted by atomic mass is 16.5. The fraction of sp³-hybridized carbons (Fsp3) is 0.455. The number of hydrogen-bond acceptors (Lipinski definition) is 4. The summed E-state index contributed by atoms with van der Waals surface area (Å²) in [6, 6.07) is 9.68. The van der Waals surface area contributed by atoms with Crippen molar-refractivity contribution in [2.75, 3.05) is 13.2 Å². The number of benzene rings is 1. The van der Waals surface area contributed by atoms with Gasteiger partial charge in [-0.05, 0) is 55.5 Å². The van der Waals surface area contributed by atoms with Crippen LogP contribution >= 0.6 is 0 Å². The van der Waals surface area contributed by atoms with Crippen molar-refractivity contribution in [2.24, 2.45) is 5.92 Å². The van der Waals surface area contributed by atoms with Gasteiger partial charge in [-0.15, -0.1) is 0 Å². The maximum absolute atomic E-state index is 12.5. The van der Waals surface area contributed by atoms with Gasteiger partial charge in [0.25, 0.3) is 0 Å². The van der Waals surface area contributed by atoms with E-state index in [9.17, 15) is 4.79 Å². The van der Waals surface area contributed by atoms with Gasteiger partial charge in [0.1, 0.15) is 0 Å². The molecular weight excluding hydrogens is 340 g/mol. The van der Waals surface area contributed by atoms with Gasteiger partial charge >= 0.3 is 0 Å². The number of carbonyl (C=O) groups excluding carboxylic acids is 1. The molecule has 5 nitrogen and oxygen atoms in total. The van der Waals surface area contributed by atoms with Crippen LogP contribution in [0.5, 0.6) is 11.5 Å². The number of hydrogen-bond donors (Lipinski definition) is 1. The van der Waals surface area contributed by atoms with Crippen LogP contribution in [-0.4, -0.2) is 24.1 Å². The van der Waals surface area contributed by atoms with E-state index < -0.39 is 0 Å². The molecule has 0 radical (unpaired) electrons. The van der Waals surface area contributed by atoms with Crippen molar-refractivity contribution in [1.82, 2.24) is 10.3 Å². The summed E-state index contributed by atoms with van der Waals surface area (Å²) in [7, 11) is 0. The quantitative estimate of drug-likeness (QED) is 0.676. The van der Waals surface area contributed by atoms with E-state index in [2.05, 4.69) is 24.1 Å². The maximum atomic E-state index is 12.5. The van der Waals surface area contributed by atoms with Crippen molar-refractivity contribution in [3.63, 3.8) is 0 Å². The van der Waals surface area contributed by atoms with Crippen molar-refractivity contribution in [1.29, 1.82) is 0 Å². The number of pyridine rings is 1. The first-order valence-electron chi connectivity index (χ1n) is 9.62. The van der Waals surface area contributed by atoms with Crippen LogP contribution in [0.3, 0.4) is 0 Å². The highest BCUT2D eigenvalue weighted by Crippen LogP contribution is 2.33. The third-order valence-corrected chi connectivity index (χ3v) is 4.27. The molecule has 1 heterocycles. The van der Waals surface area contributed by atoms with E-state index in [1.165, 1.54) is 0 Å². The third kappa shape index (κ3) is 6.27. The van der Waals surface area contributed by atoms with Crippen LogP contribution in [0.25, 0.3) is 0 Å². The Hall–Kier alpha value is -2.56. The summed E-state index contributed by atoms with van der Waals surface area (Å²) in [5, 5.41) is 3.17. The Kier molecular flexibility index (Phi) is 8.11. The van der Waals surface area contributed by atoms with Gasteiger partial charge in [0.2, 0.25) is 5.91 Å². The van der Waals surface area contributed by atoms with Gasteiger partial charge in [0, 0.05) is 18.8 Å². The molecule has 1 N–H and O–H groups in total. The summed E-state index contributed by atoms with van der Waals surface area (Å²) < 4.78 is 11.4. The third-order valence-electron chi connectivity index (χ3n) is 4.27. The molecule has 1 atom stereocenters. The Morgan fingerprint density at radius 1 is 1.11 bits per heavy atom. The van der Waals surface area contributed by atoms with Crippen molar-refractivity contribution in [3.05, 3.63) is 53.9 Å². The van der Waals surface area contributed by atoms with Crippen LogP contribution in [0.1, 0.15) is 51.3 Å². The molecule has 1 aromatic heterocycles. The molecule has 2 rings (SSSR count). The highest BCUT2D eigenvalue weighted by Gasteiger charge is 2.20. The molecule has 2 aromatic rings. The first kappa shape index (κ1) is 20.7. The Balaban J connectivity index is 2.09. The number of nitrogens with one attached hydrogen (secondary N) is 1. The number of amides is 1. The average molecular weight is 370 g/mol. The van der Waals surface area contributed by atoms with Crippen molar-refractivity contribution < 1.29 is 14.3 Å². The Labute approximate surface area is 162 Å². The predicted molar refractivity (Wildman–Crippen MR) is 107 cm³/mol. The van der Waals surface area contributed by atoms with Crippen LogP contribution in [-0.2, 0) is 11.2 Å². The topological polar surface area (TPSA) is 60.5 Å². The fourth-order valence-corrected chi connectivity index (χ4v) is 2.95. The molecule has 0 saturated carbocycles. The van der Waals surface area contributed by atoms with E-state index >= 15 is 0 Å². The van der Waals surface area contributed by atoms with Gasteiger partial charge in [-0.2, -0.15) is 0 Å². The first-order valence-corrected chi connectivity index (χ1v) is 9.62. The van der Waals surface area contributed by atoms with Gasteiger partial charge < -0.3 is 14.8 Å². The summed E-state index contributed by atoms with van der Waals surface area (Å²) in [4.78, 5) is 16.6. The van der Waals surface area contributed by atoms with E-state index in [-0.39, 0.29) is 17.9 Å². The van der Waals surface area contributed by atoms with Crippen LogP contribution in [0, 0.1) is 5.92 Å². The molecule has 0 spiro atoms. The minimum absolute atomic E-state index is 0.0318. The van der Waals surface area contributed by atoms with Crippen molar-refractivity contribution in [3.8, 4) is 11.5 Å². The van der Waals surface area contributed by atoms with E-state index in [4.69, 9.17) is 9.47 Å². The maximum Gasteiger partial charge on any atom is 0.220 e. The molecular formula is C22H30N2O3. The second kappa shape index (κ2) is 10.6. The molecule has 146 valence electrons. The van der Waals surface area contributed by atoms with E-state index in [0.717, 1.165) is 16.9 Å². The number of aromatic nitrogens is 1. The zero-order chi connectivity index (χ0) is 19.6. The summed E-state index contributed by atoms with van der Waals surface area (Å²) in [6.07, 6.45) is 4.65. The first-order chi connectivity index (χ1) is 13.0. The molecule has 5 heteroatoms. The lowest BCUT2D eigenvalue weighted by molar-refractivity contribution is -0.122. The number of nitrogens with zero attached hydrogens (tertiary/aromatic N) is 1. The van der Waals surface area contributed by atoms with Gasteiger partial charge in [0.15, 0.2) is 11.5 Å². The number of aryl methyl sites for hydroxylation is 1. The minimum Gasteiger partial charge on any atom is -0.490 e. The van der Waals surface area contributed by atoms with E-state index in [1.54, 1.807) is 12.4 Å². The lowest BCUT2D eigenvalue weighted by atomic mass is 9.95. The molecule has 0 aliphatic rings. The van der Waals surface area contributed by atoms with Crippen molar-refractivity contribution in [2.45, 2.75) is 46.6 Å². The second-order valence-electron chi connectivity index (χ2n) is 6.72. The fourth-order valence-electron chi connectivity index (χ4n) is 2.95. The highest BCUT2D eigenvalue weighted by molar-refractivity contribution is 5.76. The molecule has 1 aromatic carbocycles. The Morgan fingerprint density at radius 3 is 2.48 bits per heavy atom. The van der Waals surface area contributed by atoms with Crippen LogP contribution in [0.4, 0.5) is 0 Å². The number of ether oxygens (including phenoxy) is 2. The van der Waals surface area contributed by atoms with Gasteiger partial charge in [-0.3, -0.25) is 9.78 Å². The van der Waals surface area contributed by atoms with Gasteiger partial charge in [0.05, 0.1) is 19.3 Å². The van der Waals surface area contributed by atoms with Gasteiger partial charge in [-0.25, -0.2) is 0 Å². The zero-order valence-electron chi connectivity index (χ0n) is 16.7. The standard InChI is InChI=1S/C22H30N2O3/c1-5-26-19-11-10-18(14-20(19)27-6-2)22(16(3)4)24-21(25)12-9-17-8-7-13-23-15-17/h7-8,10-11,13-16,22H,5-6,9,12H2,1-4H3,(H,24,25). The smallest absolute Gasteiger partial charge is 0.220 e. The second-order valence-corrected chi connectivity index (χ2v) is 6.72.